The number of nitrogens with zero attached hydrogens (tertiary/aromatic N) is 4. The monoisotopic (exact) mass is 277 g/mol. The fourth-order valence-electron chi connectivity index (χ4n) is 3.99. The number of rotatable bonds is 2. The van der Waals surface area contributed by atoms with Crippen molar-refractivity contribution >= 4 is 11.7 Å². The van der Waals surface area contributed by atoms with Crippen molar-refractivity contribution in [1.29, 1.82) is 0 Å². The second kappa shape index (κ2) is 5.00. The summed E-state index contributed by atoms with van der Waals surface area (Å²) in [6.07, 6.45) is 6.46. The molecule has 0 radical (unpaired) electrons. The summed E-state index contributed by atoms with van der Waals surface area (Å²) in [6, 6.07) is 0.587. The molecule has 20 heavy (non-hydrogen) atoms. The summed E-state index contributed by atoms with van der Waals surface area (Å²) < 4.78 is 1.87. The van der Waals surface area contributed by atoms with E-state index in [1.54, 1.807) is 0 Å². The van der Waals surface area contributed by atoms with Crippen LogP contribution in [0.5, 0.6) is 0 Å². The van der Waals surface area contributed by atoms with Gasteiger partial charge >= 0.3 is 0 Å². The van der Waals surface area contributed by atoms with Crippen molar-refractivity contribution < 1.29 is 5.21 Å². The van der Waals surface area contributed by atoms with Crippen molar-refractivity contribution in [2.24, 2.45) is 23.9 Å². The molecule has 0 amide bonds. The molecule has 3 rings (SSSR count). The van der Waals surface area contributed by atoms with Gasteiger partial charge in [-0.15, -0.1) is 0 Å². The summed E-state index contributed by atoms with van der Waals surface area (Å²) in [5.74, 6) is 1.95. The molecule has 0 aromatic carbocycles. The number of aryl methyl sites for hydroxylation is 2. The van der Waals surface area contributed by atoms with E-state index in [-0.39, 0.29) is 5.84 Å². The van der Waals surface area contributed by atoms with Crippen LogP contribution >= 0.6 is 0 Å². The molecular formula is C14H23N5O. The maximum Gasteiger partial charge on any atom is 0.175 e. The average Bonchev–Trinajstić information content (AvgIpc) is 2.98. The average molecular weight is 277 g/mol. The van der Waals surface area contributed by atoms with Crippen LogP contribution in [0.1, 0.15) is 43.4 Å². The standard InChI is InChI=1S/C14H23N5O/c1-9-12(13(15)17-20)14(18(2)16-9)19-8-7-10-5-3-4-6-11(10)19/h10-11,20H,3-8H2,1-2H3,(H2,15,17). The van der Waals surface area contributed by atoms with Crippen LogP contribution in [0.4, 0.5) is 5.82 Å². The highest BCUT2D eigenvalue weighted by atomic mass is 16.4. The quantitative estimate of drug-likeness (QED) is 0.372. The van der Waals surface area contributed by atoms with E-state index in [0.29, 0.717) is 6.04 Å². The van der Waals surface area contributed by atoms with E-state index in [2.05, 4.69) is 15.2 Å². The SMILES string of the molecule is Cc1nn(C)c(N2CCC3CCCCC32)c1C(N)=NO. The summed E-state index contributed by atoms with van der Waals surface area (Å²) >= 11 is 0. The lowest BCUT2D eigenvalue weighted by molar-refractivity contribution is 0.318. The van der Waals surface area contributed by atoms with Gasteiger partial charge in [-0.05, 0) is 32.1 Å². The van der Waals surface area contributed by atoms with Crippen LogP contribution in [-0.4, -0.2) is 33.4 Å². The molecule has 6 nitrogen and oxygen atoms in total. The Morgan fingerprint density at radius 1 is 1.35 bits per heavy atom. The van der Waals surface area contributed by atoms with Crippen LogP contribution in [0.25, 0.3) is 0 Å². The molecule has 2 heterocycles. The maximum atomic E-state index is 9.03. The van der Waals surface area contributed by atoms with Crippen molar-refractivity contribution in [3.63, 3.8) is 0 Å². The molecule has 0 spiro atoms. The number of anilines is 1. The van der Waals surface area contributed by atoms with Crippen molar-refractivity contribution in [3.05, 3.63) is 11.3 Å². The summed E-state index contributed by atoms with van der Waals surface area (Å²) in [7, 11) is 1.94. The highest BCUT2D eigenvalue weighted by Gasteiger charge is 2.38. The number of hydrogen-bond acceptors (Lipinski definition) is 4. The van der Waals surface area contributed by atoms with Crippen LogP contribution in [-0.2, 0) is 7.05 Å². The topological polar surface area (TPSA) is 79.7 Å². The Labute approximate surface area is 119 Å². The molecule has 2 atom stereocenters. The van der Waals surface area contributed by atoms with Crippen molar-refractivity contribution in [1.82, 2.24) is 9.78 Å². The first-order valence-electron chi connectivity index (χ1n) is 7.41. The third-order valence-corrected chi connectivity index (χ3v) is 4.84. The Balaban J connectivity index is 2.02. The lowest BCUT2D eigenvalue weighted by atomic mass is 9.85. The zero-order chi connectivity index (χ0) is 14.3. The second-order valence-electron chi connectivity index (χ2n) is 5.99. The van der Waals surface area contributed by atoms with Crippen LogP contribution in [0.3, 0.4) is 0 Å². The van der Waals surface area contributed by atoms with Gasteiger partial charge in [-0.3, -0.25) is 4.68 Å². The number of amidine groups is 1. The van der Waals surface area contributed by atoms with Gasteiger partial charge < -0.3 is 15.8 Å². The summed E-state index contributed by atoms with van der Waals surface area (Å²) in [5.41, 5.74) is 7.46. The molecule has 1 aromatic rings. The van der Waals surface area contributed by atoms with Crippen LogP contribution in [0.15, 0.2) is 5.16 Å². The third-order valence-electron chi connectivity index (χ3n) is 4.84. The lowest BCUT2D eigenvalue weighted by Crippen LogP contribution is -2.37. The number of oxime groups is 1. The van der Waals surface area contributed by atoms with Crippen LogP contribution in [0, 0.1) is 12.8 Å². The third kappa shape index (κ3) is 1.94. The van der Waals surface area contributed by atoms with E-state index in [1.807, 2.05) is 18.7 Å². The summed E-state index contributed by atoms with van der Waals surface area (Å²) in [6.45, 7) is 2.95. The Morgan fingerprint density at radius 3 is 2.85 bits per heavy atom. The highest BCUT2D eigenvalue weighted by Crippen LogP contribution is 2.40. The fourth-order valence-corrected chi connectivity index (χ4v) is 3.99. The van der Waals surface area contributed by atoms with E-state index in [4.69, 9.17) is 10.9 Å². The molecule has 1 saturated carbocycles. The molecule has 3 N–H and O–H groups in total. The maximum absolute atomic E-state index is 9.03. The van der Waals surface area contributed by atoms with Gasteiger partial charge in [-0.1, -0.05) is 18.0 Å². The molecule has 110 valence electrons. The Hall–Kier alpha value is -1.72. The van der Waals surface area contributed by atoms with Gasteiger partial charge in [0.2, 0.25) is 0 Å². The zero-order valence-electron chi connectivity index (χ0n) is 12.2. The summed E-state index contributed by atoms with van der Waals surface area (Å²) in [5, 5.41) is 16.7. The summed E-state index contributed by atoms with van der Waals surface area (Å²) in [4.78, 5) is 2.43. The number of aromatic nitrogens is 2. The van der Waals surface area contributed by atoms with E-state index >= 15 is 0 Å². The molecule has 6 heteroatoms. The number of nitrogens with two attached hydrogens (primary N) is 1. The minimum Gasteiger partial charge on any atom is -0.409 e. The molecule has 1 aliphatic heterocycles. The normalized spacial score (nSPS) is 26.9. The Morgan fingerprint density at radius 2 is 2.10 bits per heavy atom. The van der Waals surface area contributed by atoms with E-state index in [0.717, 1.165) is 29.5 Å². The first kappa shape index (κ1) is 13.3. The molecule has 2 fully saturated rings. The molecule has 2 aliphatic rings. The molecule has 1 saturated heterocycles. The highest BCUT2D eigenvalue weighted by molar-refractivity contribution is 6.02. The minimum atomic E-state index is 0.157. The Kier molecular flexibility index (Phi) is 3.31. The minimum absolute atomic E-state index is 0.157. The van der Waals surface area contributed by atoms with Gasteiger partial charge in [0, 0.05) is 19.6 Å². The first-order chi connectivity index (χ1) is 9.63. The van der Waals surface area contributed by atoms with Gasteiger partial charge in [-0.2, -0.15) is 5.10 Å². The number of hydrogen-bond donors (Lipinski definition) is 2. The van der Waals surface area contributed by atoms with E-state index < -0.39 is 0 Å². The predicted octanol–water partition coefficient (Wildman–Crippen LogP) is 1.59. The zero-order valence-corrected chi connectivity index (χ0v) is 12.2. The first-order valence-corrected chi connectivity index (χ1v) is 7.41. The fraction of sp³-hybridized carbons (Fsp3) is 0.714. The molecule has 2 unspecified atom stereocenters. The van der Waals surface area contributed by atoms with Crippen molar-refractivity contribution in [3.8, 4) is 0 Å². The molecular weight excluding hydrogens is 254 g/mol. The van der Waals surface area contributed by atoms with Crippen LogP contribution < -0.4 is 10.6 Å². The van der Waals surface area contributed by atoms with Crippen LogP contribution in [0.2, 0.25) is 0 Å². The number of fused-ring (bicyclic) bond motifs is 1. The van der Waals surface area contributed by atoms with E-state index in [1.165, 1.54) is 32.1 Å². The van der Waals surface area contributed by atoms with Gasteiger partial charge in [0.1, 0.15) is 5.82 Å². The lowest BCUT2D eigenvalue weighted by Gasteiger charge is -2.33. The Bertz CT molecular complexity index is 536. The predicted molar refractivity (Wildman–Crippen MR) is 78.2 cm³/mol. The van der Waals surface area contributed by atoms with Gasteiger partial charge in [-0.25, -0.2) is 0 Å². The van der Waals surface area contributed by atoms with Gasteiger partial charge in [0.05, 0.1) is 11.3 Å². The van der Waals surface area contributed by atoms with Gasteiger partial charge in [0.25, 0.3) is 0 Å². The molecule has 1 aliphatic carbocycles. The smallest absolute Gasteiger partial charge is 0.175 e. The largest absolute Gasteiger partial charge is 0.409 e. The van der Waals surface area contributed by atoms with Crippen molar-refractivity contribution in [2.75, 3.05) is 11.4 Å². The van der Waals surface area contributed by atoms with Crippen molar-refractivity contribution in [2.45, 2.75) is 45.1 Å². The molecule has 0 bridgehead atoms. The van der Waals surface area contributed by atoms with Gasteiger partial charge in [0.15, 0.2) is 5.84 Å². The molecule has 1 aromatic heterocycles. The van der Waals surface area contributed by atoms with E-state index in [9.17, 15) is 0 Å². The second-order valence-corrected chi connectivity index (χ2v) is 5.99.